The third-order valence-electron chi connectivity index (χ3n) is 3.56. The van der Waals surface area contributed by atoms with Gasteiger partial charge in [0.1, 0.15) is 5.75 Å². The summed E-state index contributed by atoms with van der Waals surface area (Å²) in [6, 6.07) is 9.50. The average molecular weight is 355 g/mol. The van der Waals surface area contributed by atoms with E-state index in [-0.39, 0.29) is 6.04 Å². The third kappa shape index (κ3) is 2.71. The zero-order valence-corrected chi connectivity index (χ0v) is 14.0. The Balaban J connectivity index is 2.56. The Morgan fingerprint density at radius 2 is 1.85 bits per heavy atom. The van der Waals surface area contributed by atoms with E-state index in [1.54, 1.807) is 7.11 Å². The van der Waals surface area contributed by atoms with E-state index >= 15 is 0 Å². The maximum absolute atomic E-state index is 6.40. The zero-order valence-electron chi connectivity index (χ0n) is 11.7. The molecule has 2 aromatic rings. The van der Waals surface area contributed by atoms with Gasteiger partial charge in [-0.2, -0.15) is 0 Å². The van der Waals surface area contributed by atoms with Crippen LogP contribution in [0, 0.1) is 13.8 Å². The maximum Gasteiger partial charge on any atom is 0.127 e. The summed E-state index contributed by atoms with van der Waals surface area (Å²) >= 11 is 9.77. The van der Waals surface area contributed by atoms with Crippen LogP contribution in [-0.4, -0.2) is 7.11 Å². The van der Waals surface area contributed by atoms with Crippen molar-refractivity contribution in [3.05, 3.63) is 62.1 Å². The lowest BCUT2D eigenvalue weighted by molar-refractivity contribution is 0.404. The molecule has 0 amide bonds. The van der Waals surface area contributed by atoms with E-state index in [9.17, 15) is 0 Å². The molecule has 0 fully saturated rings. The minimum atomic E-state index is -0.325. The highest BCUT2D eigenvalue weighted by Gasteiger charge is 2.19. The summed E-state index contributed by atoms with van der Waals surface area (Å²) in [5, 5.41) is 0.639. The average Bonchev–Trinajstić information content (AvgIpc) is 2.44. The lowest BCUT2D eigenvalue weighted by atomic mass is 9.95. The van der Waals surface area contributed by atoms with Crippen molar-refractivity contribution in [1.29, 1.82) is 0 Å². The van der Waals surface area contributed by atoms with Crippen LogP contribution < -0.4 is 10.5 Å². The van der Waals surface area contributed by atoms with Gasteiger partial charge in [0.15, 0.2) is 0 Å². The molecule has 0 aliphatic heterocycles. The molecule has 0 saturated heterocycles. The number of halogens is 2. The zero-order chi connectivity index (χ0) is 14.9. The Bertz CT molecular complexity index is 643. The number of nitrogens with two attached hydrogens (primary N) is 1. The third-order valence-corrected chi connectivity index (χ3v) is 4.87. The Morgan fingerprint density at radius 3 is 2.50 bits per heavy atom. The van der Waals surface area contributed by atoms with E-state index in [4.69, 9.17) is 22.1 Å². The van der Waals surface area contributed by atoms with Crippen LogP contribution in [0.2, 0.25) is 5.02 Å². The molecule has 0 heterocycles. The second-order valence-corrected chi connectivity index (χ2v) is 5.98. The SMILES string of the molecule is COc1c(C(N)c2cccc(Br)c2Cl)ccc(C)c1C. The molecular formula is C16H17BrClNO. The Kier molecular flexibility index (Phi) is 4.74. The number of methoxy groups -OCH3 is 1. The van der Waals surface area contributed by atoms with E-state index in [1.807, 2.05) is 31.2 Å². The molecule has 0 bridgehead atoms. The number of ether oxygens (including phenoxy) is 1. The van der Waals surface area contributed by atoms with Crippen molar-refractivity contribution in [3.63, 3.8) is 0 Å². The van der Waals surface area contributed by atoms with E-state index in [0.29, 0.717) is 5.02 Å². The first-order chi connectivity index (χ1) is 9.47. The minimum Gasteiger partial charge on any atom is -0.496 e. The first kappa shape index (κ1) is 15.4. The van der Waals surface area contributed by atoms with Crippen molar-refractivity contribution in [3.8, 4) is 5.75 Å². The molecule has 1 atom stereocenters. The monoisotopic (exact) mass is 353 g/mol. The van der Waals surface area contributed by atoms with E-state index in [0.717, 1.165) is 26.9 Å². The van der Waals surface area contributed by atoms with Crippen LogP contribution >= 0.6 is 27.5 Å². The summed E-state index contributed by atoms with van der Waals surface area (Å²) in [5.74, 6) is 0.827. The molecular weight excluding hydrogens is 338 g/mol. The molecule has 20 heavy (non-hydrogen) atoms. The van der Waals surface area contributed by atoms with Gasteiger partial charge in [-0.25, -0.2) is 0 Å². The fourth-order valence-electron chi connectivity index (χ4n) is 2.26. The predicted octanol–water partition coefficient (Wildman–Crippen LogP) is 4.78. The summed E-state index contributed by atoms with van der Waals surface area (Å²) in [5.41, 5.74) is 10.5. The first-order valence-corrected chi connectivity index (χ1v) is 7.48. The molecule has 2 N–H and O–H groups in total. The molecule has 4 heteroatoms. The molecule has 0 spiro atoms. The molecule has 0 saturated carbocycles. The van der Waals surface area contributed by atoms with Gasteiger partial charge in [0.2, 0.25) is 0 Å². The maximum atomic E-state index is 6.40. The molecule has 0 aliphatic rings. The van der Waals surface area contributed by atoms with Crippen molar-refractivity contribution < 1.29 is 4.74 Å². The van der Waals surface area contributed by atoms with Gasteiger partial charge in [0, 0.05) is 10.0 Å². The summed E-state index contributed by atoms with van der Waals surface area (Å²) in [4.78, 5) is 0. The number of benzene rings is 2. The molecule has 2 nitrogen and oxygen atoms in total. The van der Waals surface area contributed by atoms with Gasteiger partial charge in [-0.05, 0) is 52.5 Å². The minimum absolute atomic E-state index is 0.325. The quantitative estimate of drug-likeness (QED) is 0.861. The normalized spacial score (nSPS) is 12.3. The second-order valence-electron chi connectivity index (χ2n) is 4.75. The lowest BCUT2D eigenvalue weighted by Gasteiger charge is -2.20. The molecule has 2 rings (SSSR count). The number of aryl methyl sites for hydroxylation is 1. The van der Waals surface area contributed by atoms with Crippen molar-refractivity contribution in [1.82, 2.24) is 0 Å². The van der Waals surface area contributed by atoms with Crippen molar-refractivity contribution in [2.45, 2.75) is 19.9 Å². The number of rotatable bonds is 3. The van der Waals surface area contributed by atoms with Crippen LogP contribution in [0.1, 0.15) is 28.3 Å². The van der Waals surface area contributed by atoms with E-state index < -0.39 is 0 Å². The van der Waals surface area contributed by atoms with Crippen LogP contribution in [0.15, 0.2) is 34.8 Å². The molecule has 2 aromatic carbocycles. The highest BCUT2D eigenvalue weighted by Crippen LogP contribution is 2.37. The van der Waals surface area contributed by atoms with E-state index in [1.165, 1.54) is 5.56 Å². The highest BCUT2D eigenvalue weighted by molar-refractivity contribution is 9.10. The topological polar surface area (TPSA) is 35.2 Å². The fourth-order valence-corrected chi connectivity index (χ4v) is 2.88. The Morgan fingerprint density at radius 1 is 1.15 bits per heavy atom. The van der Waals surface area contributed by atoms with Gasteiger partial charge >= 0.3 is 0 Å². The molecule has 1 unspecified atom stereocenters. The summed E-state index contributed by atoms with van der Waals surface area (Å²) in [6.45, 7) is 4.09. The van der Waals surface area contributed by atoms with Crippen molar-refractivity contribution in [2.24, 2.45) is 5.73 Å². The van der Waals surface area contributed by atoms with Gasteiger partial charge in [0.25, 0.3) is 0 Å². The van der Waals surface area contributed by atoms with Gasteiger partial charge < -0.3 is 10.5 Å². The smallest absolute Gasteiger partial charge is 0.127 e. The van der Waals surface area contributed by atoms with Gasteiger partial charge in [-0.1, -0.05) is 35.9 Å². The first-order valence-electron chi connectivity index (χ1n) is 6.31. The standard InChI is InChI=1S/C16H17BrClNO/c1-9-7-8-12(16(20-3)10(9)2)15(19)11-5-4-6-13(17)14(11)18/h4-8,15H,19H2,1-3H3. The highest BCUT2D eigenvalue weighted by atomic mass is 79.9. The summed E-state index contributed by atoms with van der Waals surface area (Å²) < 4.78 is 6.38. The van der Waals surface area contributed by atoms with E-state index in [2.05, 4.69) is 28.9 Å². The molecule has 106 valence electrons. The predicted molar refractivity (Wildman–Crippen MR) is 87.7 cm³/mol. The lowest BCUT2D eigenvalue weighted by Crippen LogP contribution is -2.14. The number of hydrogen-bond acceptors (Lipinski definition) is 2. The van der Waals surface area contributed by atoms with Crippen molar-refractivity contribution >= 4 is 27.5 Å². The summed E-state index contributed by atoms with van der Waals surface area (Å²) in [6.07, 6.45) is 0. The van der Waals surface area contributed by atoms with Gasteiger partial charge in [-0.15, -0.1) is 0 Å². The number of hydrogen-bond donors (Lipinski definition) is 1. The van der Waals surface area contributed by atoms with Crippen LogP contribution in [0.5, 0.6) is 5.75 Å². The Labute approximate surface area is 133 Å². The molecule has 0 radical (unpaired) electrons. The van der Waals surface area contributed by atoms with Crippen LogP contribution in [0.25, 0.3) is 0 Å². The fraction of sp³-hybridized carbons (Fsp3) is 0.250. The van der Waals surface area contributed by atoms with Gasteiger partial charge in [0.05, 0.1) is 18.2 Å². The molecule has 0 aromatic heterocycles. The summed E-state index contributed by atoms with van der Waals surface area (Å²) in [7, 11) is 1.67. The molecule has 0 aliphatic carbocycles. The van der Waals surface area contributed by atoms with Crippen molar-refractivity contribution in [2.75, 3.05) is 7.11 Å². The van der Waals surface area contributed by atoms with Crippen LogP contribution in [0.3, 0.4) is 0 Å². The van der Waals surface area contributed by atoms with Gasteiger partial charge in [-0.3, -0.25) is 0 Å². The second kappa shape index (κ2) is 6.17. The largest absolute Gasteiger partial charge is 0.496 e. The Hall–Kier alpha value is -1.03. The van der Waals surface area contributed by atoms with Crippen LogP contribution in [0.4, 0.5) is 0 Å². The van der Waals surface area contributed by atoms with Crippen LogP contribution in [-0.2, 0) is 0 Å².